The van der Waals surface area contributed by atoms with Crippen molar-refractivity contribution in [1.82, 2.24) is 19.4 Å². The number of carbonyl (C=O) groups excluding carboxylic acids is 2. The number of alkyl halides is 3. The zero-order valence-corrected chi connectivity index (χ0v) is 19.9. The van der Waals surface area contributed by atoms with Crippen molar-refractivity contribution in [3.8, 4) is 0 Å². The van der Waals surface area contributed by atoms with Crippen LogP contribution in [0.15, 0.2) is 36.6 Å². The van der Waals surface area contributed by atoms with E-state index in [1.165, 1.54) is 41.9 Å². The molecular weight excluding hydrogens is 487 g/mol. The first-order valence-electron chi connectivity index (χ1n) is 10.8. The molecule has 188 valence electrons. The molecule has 12 heteroatoms. The molecule has 35 heavy (non-hydrogen) atoms. The summed E-state index contributed by atoms with van der Waals surface area (Å²) in [5.74, 6) is -2.13. The number of carbonyl (C=O) groups is 2. The van der Waals surface area contributed by atoms with Gasteiger partial charge < -0.3 is 19.5 Å². The first-order chi connectivity index (χ1) is 16.6. The van der Waals surface area contributed by atoms with Gasteiger partial charge in [-0.15, -0.1) is 0 Å². The largest absolute Gasteiger partial charge is 0.396 e. The monoisotopic (exact) mass is 511 g/mol. The van der Waals surface area contributed by atoms with Gasteiger partial charge >= 0.3 is 6.18 Å². The number of rotatable bonds is 9. The van der Waals surface area contributed by atoms with Crippen LogP contribution in [0.2, 0.25) is 5.02 Å². The van der Waals surface area contributed by atoms with E-state index in [4.69, 9.17) is 16.7 Å². The standard InChI is InChI=1S/C23H25ClF3N5O3/c1-30(9-4-10-33)22(35)19-21(31(2)14-34)29-20(15-5-3-6-16(11-15)23(25,26)27)32(19)13-18-8-7-17(24)12-28-18/h3,5,7-8,11-12,14,16,33H,4,6,9-10,13H2,1-2H3. The van der Waals surface area contributed by atoms with Crippen LogP contribution in [-0.4, -0.2) is 70.3 Å². The first kappa shape index (κ1) is 26.4. The van der Waals surface area contributed by atoms with E-state index in [0.717, 1.165) is 11.0 Å². The lowest BCUT2D eigenvalue weighted by molar-refractivity contribution is -0.160. The van der Waals surface area contributed by atoms with Crippen LogP contribution in [-0.2, 0) is 11.3 Å². The summed E-state index contributed by atoms with van der Waals surface area (Å²) in [6.07, 6.45) is 1.55. The summed E-state index contributed by atoms with van der Waals surface area (Å²) in [5, 5.41) is 9.54. The second-order valence-electron chi connectivity index (χ2n) is 8.09. The molecule has 0 aromatic carbocycles. The van der Waals surface area contributed by atoms with Crippen LogP contribution in [0, 0.1) is 5.92 Å². The zero-order valence-electron chi connectivity index (χ0n) is 19.2. The molecule has 0 spiro atoms. The summed E-state index contributed by atoms with van der Waals surface area (Å²) < 4.78 is 41.9. The average molecular weight is 512 g/mol. The molecule has 0 fully saturated rings. The number of aliphatic hydroxyl groups is 1. The van der Waals surface area contributed by atoms with Gasteiger partial charge in [0.2, 0.25) is 6.41 Å². The minimum atomic E-state index is -4.45. The molecule has 2 amide bonds. The Hall–Kier alpha value is -3.18. The molecule has 1 N–H and O–H groups in total. The normalized spacial score (nSPS) is 15.6. The number of pyridine rings is 1. The smallest absolute Gasteiger partial charge is 0.395 e. The molecule has 1 aliphatic rings. The van der Waals surface area contributed by atoms with Crippen LogP contribution < -0.4 is 4.90 Å². The first-order valence-corrected chi connectivity index (χ1v) is 11.2. The van der Waals surface area contributed by atoms with Gasteiger partial charge in [-0.05, 0) is 25.0 Å². The van der Waals surface area contributed by atoms with Gasteiger partial charge in [0.25, 0.3) is 5.91 Å². The fourth-order valence-corrected chi connectivity index (χ4v) is 3.74. The van der Waals surface area contributed by atoms with Gasteiger partial charge in [0, 0.05) is 39.0 Å². The highest BCUT2D eigenvalue weighted by Crippen LogP contribution is 2.37. The highest BCUT2D eigenvalue weighted by molar-refractivity contribution is 6.30. The Balaban J connectivity index is 2.21. The lowest BCUT2D eigenvalue weighted by atomic mass is 9.95. The van der Waals surface area contributed by atoms with Crippen molar-refractivity contribution in [1.29, 1.82) is 0 Å². The number of aliphatic hydroxyl groups excluding tert-OH is 1. The number of aromatic nitrogens is 3. The molecule has 2 heterocycles. The molecular formula is C23H25ClF3N5O3. The van der Waals surface area contributed by atoms with Gasteiger partial charge in [0.05, 0.1) is 23.2 Å². The van der Waals surface area contributed by atoms with Crippen LogP contribution in [0.3, 0.4) is 0 Å². The van der Waals surface area contributed by atoms with E-state index in [1.807, 2.05) is 0 Å². The van der Waals surface area contributed by atoms with Gasteiger partial charge in [-0.25, -0.2) is 4.98 Å². The van der Waals surface area contributed by atoms with Crippen molar-refractivity contribution in [2.75, 3.05) is 32.1 Å². The molecule has 0 bridgehead atoms. The predicted octanol–water partition coefficient (Wildman–Crippen LogP) is 3.55. The Bertz CT molecular complexity index is 1130. The molecule has 8 nitrogen and oxygen atoms in total. The lowest BCUT2D eigenvalue weighted by Gasteiger charge is -2.21. The molecule has 1 aliphatic carbocycles. The fourth-order valence-electron chi connectivity index (χ4n) is 3.63. The van der Waals surface area contributed by atoms with E-state index in [-0.39, 0.29) is 49.0 Å². The third-order valence-corrected chi connectivity index (χ3v) is 5.72. The predicted molar refractivity (Wildman–Crippen MR) is 125 cm³/mol. The molecule has 0 radical (unpaired) electrons. The topological polar surface area (TPSA) is 91.6 Å². The molecule has 2 aromatic rings. The van der Waals surface area contributed by atoms with Crippen molar-refractivity contribution in [3.63, 3.8) is 0 Å². The third-order valence-electron chi connectivity index (χ3n) is 5.50. The minimum absolute atomic E-state index is 0.00626. The Morgan fingerprint density at radius 2 is 2.09 bits per heavy atom. The quantitative estimate of drug-likeness (QED) is 0.520. The van der Waals surface area contributed by atoms with Gasteiger partial charge in [-0.2, -0.15) is 13.2 Å². The maximum atomic E-state index is 13.5. The number of anilines is 1. The Morgan fingerprint density at radius 3 is 2.69 bits per heavy atom. The van der Waals surface area contributed by atoms with Crippen molar-refractivity contribution >= 4 is 35.3 Å². The van der Waals surface area contributed by atoms with E-state index in [9.17, 15) is 22.8 Å². The Morgan fingerprint density at radius 1 is 1.34 bits per heavy atom. The molecule has 0 aliphatic heterocycles. The molecule has 3 rings (SSSR count). The SMILES string of the molecule is CN(CCCO)C(=O)c1c(N(C)C=O)nc(C2=CC(C(F)(F)F)CC=C2)n1Cc1ccc(Cl)cn1. The zero-order chi connectivity index (χ0) is 25.8. The number of imidazole rings is 1. The number of nitrogens with zero attached hydrogens (tertiary/aromatic N) is 5. The molecule has 2 aromatic heterocycles. The highest BCUT2D eigenvalue weighted by Gasteiger charge is 2.39. The maximum Gasteiger partial charge on any atom is 0.395 e. The number of hydrogen-bond donors (Lipinski definition) is 1. The van der Waals surface area contributed by atoms with E-state index in [2.05, 4.69) is 9.97 Å². The van der Waals surface area contributed by atoms with Crippen molar-refractivity contribution in [2.24, 2.45) is 5.92 Å². The number of amides is 2. The summed E-state index contributed by atoms with van der Waals surface area (Å²) in [7, 11) is 2.93. The van der Waals surface area contributed by atoms with Crippen LogP contribution in [0.1, 0.15) is 34.8 Å². The number of allylic oxidation sites excluding steroid dienone is 4. The van der Waals surface area contributed by atoms with Gasteiger partial charge in [-0.3, -0.25) is 14.6 Å². The second kappa shape index (κ2) is 11.0. The lowest BCUT2D eigenvalue weighted by Crippen LogP contribution is -2.32. The van der Waals surface area contributed by atoms with Crippen LogP contribution in [0.25, 0.3) is 5.57 Å². The summed E-state index contributed by atoms with van der Waals surface area (Å²) >= 11 is 5.93. The van der Waals surface area contributed by atoms with E-state index in [1.54, 1.807) is 12.1 Å². The van der Waals surface area contributed by atoms with E-state index >= 15 is 0 Å². The van der Waals surface area contributed by atoms with Crippen LogP contribution in [0.4, 0.5) is 19.0 Å². The maximum absolute atomic E-state index is 13.5. The highest BCUT2D eigenvalue weighted by atomic mass is 35.5. The summed E-state index contributed by atoms with van der Waals surface area (Å²) in [6.45, 7) is 0.0788. The van der Waals surface area contributed by atoms with E-state index in [0.29, 0.717) is 23.5 Å². The summed E-state index contributed by atoms with van der Waals surface area (Å²) in [4.78, 5) is 36.2. The van der Waals surface area contributed by atoms with Gasteiger partial charge in [0.1, 0.15) is 5.82 Å². The number of hydrogen-bond acceptors (Lipinski definition) is 5. The van der Waals surface area contributed by atoms with Crippen molar-refractivity contribution < 1.29 is 27.9 Å². The second-order valence-corrected chi connectivity index (χ2v) is 8.53. The molecule has 1 unspecified atom stereocenters. The summed E-state index contributed by atoms with van der Waals surface area (Å²) in [5.41, 5.74) is 0.661. The minimum Gasteiger partial charge on any atom is -0.396 e. The number of halogens is 4. The average Bonchev–Trinajstić information content (AvgIpc) is 3.21. The van der Waals surface area contributed by atoms with Crippen LogP contribution in [0.5, 0.6) is 0 Å². The van der Waals surface area contributed by atoms with Crippen molar-refractivity contribution in [3.05, 3.63) is 58.8 Å². The van der Waals surface area contributed by atoms with Crippen molar-refractivity contribution in [2.45, 2.75) is 25.6 Å². The van der Waals surface area contributed by atoms with Gasteiger partial charge in [0.15, 0.2) is 11.5 Å². The van der Waals surface area contributed by atoms with Crippen LogP contribution >= 0.6 is 11.6 Å². The van der Waals surface area contributed by atoms with E-state index < -0.39 is 18.0 Å². The summed E-state index contributed by atoms with van der Waals surface area (Å²) in [6, 6.07) is 3.23. The fraction of sp³-hybridized carbons (Fsp3) is 0.391. The third kappa shape index (κ3) is 6.09. The van der Waals surface area contributed by atoms with Gasteiger partial charge in [-0.1, -0.05) is 29.8 Å². The molecule has 0 saturated carbocycles. The Kier molecular flexibility index (Phi) is 8.34. The molecule has 1 atom stereocenters. The Labute approximate surface area is 205 Å². The molecule has 0 saturated heterocycles.